The second-order valence-corrected chi connectivity index (χ2v) is 12.5. The molecule has 0 aromatic carbocycles. The summed E-state index contributed by atoms with van der Waals surface area (Å²) in [6.07, 6.45) is 3.26. The minimum atomic E-state index is -3.38. The number of carbonyl (C=O) groups excluding carboxylic acids is 2. The second-order valence-electron chi connectivity index (χ2n) is 9.35. The lowest BCUT2D eigenvalue weighted by molar-refractivity contribution is -0.163. The van der Waals surface area contributed by atoms with Gasteiger partial charge in [0.1, 0.15) is 12.3 Å². The van der Waals surface area contributed by atoms with Crippen molar-refractivity contribution in [3.63, 3.8) is 0 Å². The highest BCUT2D eigenvalue weighted by Gasteiger charge is 2.60. The highest BCUT2D eigenvalue weighted by atomic mass is 32.2. The monoisotopic (exact) mass is 543 g/mol. The van der Waals surface area contributed by atoms with E-state index in [1.54, 1.807) is 17.9 Å². The SMILES string of the molecule is C=CCOC(=O)N1C[C@@H](SC2=C(C(=O)O)N3C(=O)[C@H]([C@@H](C)O)[C@H]3[C@H]2C)C[C@H]1/C(C)=C/CNS(C)(=O)=O. The van der Waals surface area contributed by atoms with Crippen molar-refractivity contribution < 1.29 is 37.8 Å². The number of amides is 2. The van der Waals surface area contributed by atoms with E-state index >= 15 is 0 Å². The number of likely N-dealkylation sites (tertiary alicyclic amines) is 1. The Balaban J connectivity index is 1.84. The molecule has 0 aromatic heterocycles. The summed E-state index contributed by atoms with van der Waals surface area (Å²) < 4.78 is 30.4. The highest BCUT2D eigenvalue weighted by Crippen LogP contribution is 2.52. The third-order valence-corrected chi connectivity index (χ3v) is 8.91. The van der Waals surface area contributed by atoms with Crippen LogP contribution < -0.4 is 4.72 Å². The summed E-state index contributed by atoms with van der Waals surface area (Å²) >= 11 is 1.33. The van der Waals surface area contributed by atoms with E-state index in [4.69, 9.17) is 4.74 Å². The molecule has 0 aromatic rings. The number of carbonyl (C=O) groups is 3. The van der Waals surface area contributed by atoms with Gasteiger partial charge in [0.15, 0.2) is 0 Å². The van der Waals surface area contributed by atoms with E-state index in [0.717, 1.165) is 11.8 Å². The number of thioether (sulfide) groups is 1. The molecule has 3 aliphatic heterocycles. The number of hydrogen-bond donors (Lipinski definition) is 3. The van der Waals surface area contributed by atoms with Crippen LogP contribution in [0.15, 0.2) is 34.9 Å². The molecule has 36 heavy (non-hydrogen) atoms. The lowest BCUT2D eigenvalue weighted by Crippen LogP contribution is -2.63. The number of aliphatic hydroxyl groups excluding tert-OH is 1. The predicted molar refractivity (Wildman–Crippen MR) is 134 cm³/mol. The van der Waals surface area contributed by atoms with Gasteiger partial charge in [-0.2, -0.15) is 0 Å². The van der Waals surface area contributed by atoms with E-state index in [0.29, 0.717) is 11.3 Å². The largest absolute Gasteiger partial charge is 0.477 e. The zero-order valence-corrected chi connectivity index (χ0v) is 22.3. The van der Waals surface area contributed by atoms with Gasteiger partial charge >= 0.3 is 12.1 Å². The van der Waals surface area contributed by atoms with Gasteiger partial charge in [0.05, 0.1) is 30.4 Å². The molecule has 2 fully saturated rings. The number of nitrogens with one attached hydrogen (secondary N) is 1. The molecule has 3 N–H and O–H groups in total. The van der Waals surface area contributed by atoms with Crippen molar-refractivity contribution >= 4 is 39.8 Å². The lowest BCUT2D eigenvalue weighted by atomic mass is 9.79. The number of hydrogen-bond acceptors (Lipinski definition) is 8. The van der Waals surface area contributed by atoms with Crippen LogP contribution in [0.5, 0.6) is 0 Å². The number of sulfonamides is 1. The first-order chi connectivity index (χ1) is 16.8. The van der Waals surface area contributed by atoms with Gasteiger partial charge in [-0.05, 0) is 20.3 Å². The van der Waals surface area contributed by atoms with Gasteiger partial charge in [-0.1, -0.05) is 31.2 Å². The summed E-state index contributed by atoms with van der Waals surface area (Å²) in [6.45, 7) is 9.10. The normalized spacial score (nSPS) is 29.2. The predicted octanol–water partition coefficient (Wildman–Crippen LogP) is 1.13. The molecule has 13 heteroatoms. The van der Waals surface area contributed by atoms with Crippen molar-refractivity contribution in [2.45, 2.75) is 50.6 Å². The molecule has 11 nitrogen and oxygen atoms in total. The fraction of sp³-hybridized carbons (Fsp3) is 0.609. The van der Waals surface area contributed by atoms with Crippen molar-refractivity contribution in [1.82, 2.24) is 14.5 Å². The van der Waals surface area contributed by atoms with Gasteiger partial charge in [-0.3, -0.25) is 4.79 Å². The molecule has 0 saturated carbocycles. The van der Waals surface area contributed by atoms with Crippen molar-refractivity contribution in [1.29, 1.82) is 0 Å². The third-order valence-electron chi connectivity index (χ3n) is 6.72. The Morgan fingerprint density at radius 3 is 2.61 bits per heavy atom. The molecule has 3 heterocycles. The quantitative estimate of drug-likeness (QED) is 0.272. The minimum Gasteiger partial charge on any atom is -0.477 e. The maximum absolute atomic E-state index is 12.8. The number of β-lactam (4-membered cyclic amide) rings is 1. The molecule has 3 aliphatic rings. The van der Waals surface area contributed by atoms with Crippen molar-refractivity contribution in [3.8, 4) is 0 Å². The molecule has 6 atom stereocenters. The Bertz CT molecular complexity index is 1100. The Hall–Kier alpha value is -2.35. The molecule has 2 saturated heterocycles. The van der Waals surface area contributed by atoms with Crippen molar-refractivity contribution in [2.24, 2.45) is 11.8 Å². The van der Waals surface area contributed by atoms with Crippen LogP contribution >= 0.6 is 11.8 Å². The highest BCUT2D eigenvalue weighted by molar-refractivity contribution is 8.03. The molecular formula is C23H33N3O8S2. The third kappa shape index (κ3) is 5.63. The van der Waals surface area contributed by atoms with Crippen molar-refractivity contribution in [2.75, 3.05) is 26.0 Å². The zero-order chi connectivity index (χ0) is 26.9. The van der Waals surface area contributed by atoms with Crippen LogP contribution in [0.25, 0.3) is 0 Å². The number of ether oxygens (including phenoxy) is 1. The first kappa shape index (κ1) is 28.2. The first-order valence-electron chi connectivity index (χ1n) is 11.6. The smallest absolute Gasteiger partial charge is 0.410 e. The number of aliphatic hydroxyl groups is 1. The van der Waals surface area contributed by atoms with E-state index in [9.17, 15) is 33.0 Å². The average molecular weight is 544 g/mol. The average Bonchev–Trinajstić information content (AvgIpc) is 3.29. The molecule has 0 bridgehead atoms. The van der Waals surface area contributed by atoms with Crippen LogP contribution in [0.3, 0.4) is 0 Å². The maximum Gasteiger partial charge on any atom is 0.410 e. The standard InChI is InChI=1S/C23H33N3O8S2/c1-6-9-34-23(31)25-11-15(10-16(25)12(2)7-8-24-36(5,32)33)35-20-13(3)18-17(14(4)27)21(28)26(18)19(20)22(29)30/h6-7,13-18,24,27H,1,8-11H2,2-5H3,(H,29,30)/b12-7+/t13-,14-,15+,16+,17-,18-/m1/s1. The zero-order valence-electron chi connectivity index (χ0n) is 20.7. The van der Waals surface area contributed by atoms with Crippen LogP contribution in [0.4, 0.5) is 4.79 Å². The Morgan fingerprint density at radius 1 is 1.39 bits per heavy atom. The van der Waals surface area contributed by atoms with E-state index in [2.05, 4.69) is 11.3 Å². The number of carboxylic acid groups (broad SMARTS) is 1. The Kier molecular flexibility index (Phi) is 8.59. The first-order valence-corrected chi connectivity index (χ1v) is 14.4. The number of fused-ring (bicyclic) bond motifs is 1. The Morgan fingerprint density at radius 2 is 2.06 bits per heavy atom. The molecule has 200 valence electrons. The summed E-state index contributed by atoms with van der Waals surface area (Å²) in [4.78, 5) is 40.9. The maximum atomic E-state index is 12.8. The van der Waals surface area contributed by atoms with Crippen LogP contribution in [-0.2, 0) is 24.3 Å². The summed E-state index contributed by atoms with van der Waals surface area (Å²) in [5.74, 6) is -2.54. The van der Waals surface area contributed by atoms with Gasteiger partial charge in [-0.25, -0.2) is 22.7 Å². The Labute approximate surface area is 215 Å². The number of carboxylic acids is 1. The number of aliphatic carboxylic acids is 1. The summed E-state index contributed by atoms with van der Waals surface area (Å²) in [6, 6.07) is -0.795. The van der Waals surface area contributed by atoms with E-state index in [1.807, 2.05) is 6.92 Å². The van der Waals surface area contributed by atoms with Gasteiger partial charge in [0.25, 0.3) is 0 Å². The van der Waals surface area contributed by atoms with Crippen LogP contribution in [0.1, 0.15) is 27.2 Å². The van der Waals surface area contributed by atoms with Gasteiger partial charge in [0, 0.05) is 29.2 Å². The topological polar surface area (TPSA) is 154 Å². The molecule has 0 radical (unpaired) electrons. The molecule has 0 spiro atoms. The van der Waals surface area contributed by atoms with E-state index in [1.165, 1.54) is 29.7 Å². The van der Waals surface area contributed by atoms with Gasteiger partial charge < -0.3 is 24.7 Å². The molecule has 0 aliphatic carbocycles. The van der Waals surface area contributed by atoms with Crippen molar-refractivity contribution in [3.05, 3.63) is 34.9 Å². The fourth-order valence-electron chi connectivity index (χ4n) is 5.08. The van der Waals surface area contributed by atoms with Crippen LogP contribution in [-0.4, -0.2) is 95.8 Å². The minimum absolute atomic E-state index is 0.0308. The molecule has 2 amide bonds. The lowest BCUT2D eigenvalue weighted by Gasteiger charge is -2.46. The fourth-order valence-corrected chi connectivity index (χ4v) is 6.99. The van der Waals surface area contributed by atoms with Gasteiger partial charge in [0.2, 0.25) is 15.9 Å². The molecular weight excluding hydrogens is 510 g/mol. The summed E-state index contributed by atoms with van der Waals surface area (Å²) in [5.41, 5.74) is 0.707. The second kappa shape index (κ2) is 11.0. The van der Waals surface area contributed by atoms with E-state index < -0.39 is 46.1 Å². The van der Waals surface area contributed by atoms with Crippen LogP contribution in [0, 0.1) is 11.8 Å². The summed E-state index contributed by atoms with van der Waals surface area (Å²) in [7, 11) is -3.38. The molecule has 3 rings (SSSR count). The number of rotatable bonds is 10. The van der Waals surface area contributed by atoms with Gasteiger partial charge in [-0.15, -0.1) is 11.8 Å². The van der Waals surface area contributed by atoms with E-state index in [-0.39, 0.29) is 42.6 Å². The summed E-state index contributed by atoms with van der Waals surface area (Å²) in [5, 5.41) is 19.8. The molecule has 0 unspecified atom stereocenters. The number of nitrogens with zero attached hydrogens (tertiary/aromatic N) is 2. The van der Waals surface area contributed by atoms with Crippen LogP contribution in [0.2, 0.25) is 0 Å².